The Hall–Kier alpha value is -3.86. The summed E-state index contributed by atoms with van der Waals surface area (Å²) < 4.78 is 11.7. The second-order valence-corrected chi connectivity index (χ2v) is 10.8. The van der Waals surface area contributed by atoms with E-state index in [1.165, 1.54) is 16.7 Å². The number of nitrogens with zero attached hydrogens (tertiary/aromatic N) is 4. The molecule has 5 heterocycles. The Balaban J connectivity index is 1.29. The number of nitrogens with one attached hydrogen (secondary N) is 2. The molecular weight excluding hydrogens is 480 g/mol. The number of H-pyrrole nitrogens is 2. The average molecular weight is 505 g/mol. The monoisotopic (exact) mass is 504 g/mol. The fraction of sp³-hybridized carbons (Fsp3) is 0.320. The first-order valence-electron chi connectivity index (χ1n) is 11.6. The van der Waals surface area contributed by atoms with E-state index in [0.717, 1.165) is 16.6 Å². The van der Waals surface area contributed by atoms with Gasteiger partial charge in [-0.05, 0) is 56.8 Å². The largest absolute Gasteiger partial charge is 0.454 e. The summed E-state index contributed by atoms with van der Waals surface area (Å²) in [7, 11) is 0. The zero-order chi connectivity index (χ0) is 25.0. The summed E-state index contributed by atoms with van der Waals surface area (Å²) in [4.78, 5) is 40.0. The van der Waals surface area contributed by atoms with Gasteiger partial charge in [0.25, 0.3) is 0 Å². The van der Waals surface area contributed by atoms with Gasteiger partial charge in [0, 0.05) is 5.56 Å². The SMILES string of the molecule is CC(C)(C)OC(=O)N1CC(=O)C2C(=Nc3[nH]ncc3C2c2ccc(Sc3nc4ccccc4[nH]3)o2)C1. The molecular formula is C25H24N6O4S. The van der Waals surface area contributed by atoms with E-state index >= 15 is 0 Å². The van der Waals surface area contributed by atoms with E-state index in [-0.39, 0.29) is 18.9 Å². The number of aliphatic imine (C=N–C) groups is 1. The molecule has 2 aliphatic heterocycles. The first-order valence-corrected chi connectivity index (χ1v) is 12.4. The summed E-state index contributed by atoms with van der Waals surface area (Å²) in [5, 5.41) is 8.42. The molecule has 36 heavy (non-hydrogen) atoms. The zero-order valence-corrected chi connectivity index (χ0v) is 20.8. The minimum atomic E-state index is -0.660. The summed E-state index contributed by atoms with van der Waals surface area (Å²) in [6, 6.07) is 11.6. The minimum absolute atomic E-state index is 0.0520. The van der Waals surface area contributed by atoms with Crippen LogP contribution in [-0.2, 0) is 9.53 Å². The van der Waals surface area contributed by atoms with Crippen LogP contribution in [0, 0.1) is 5.92 Å². The Kier molecular flexibility index (Phi) is 5.25. The van der Waals surface area contributed by atoms with Crippen molar-refractivity contribution in [1.29, 1.82) is 0 Å². The number of hydrogen-bond acceptors (Lipinski definition) is 8. The molecule has 0 bridgehead atoms. The van der Waals surface area contributed by atoms with Gasteiger partial charge in [-0.25, -0.2) is 14.8 Å². The Labute approximate surface area is 210 Å². The fourth-order valence-corrected chi connectivity index (χ4v) is 5.41. The predicted octanol–water partition coefficient (Wildman–Crippen LogP) is 4.68. The highest BCUT2D eigenvalue weighted by Gasteiger charge is 2.46. The molecule has 10 nitrogen and oxygen atoms in total. The van der Waals surface area contributed by atoms with Gasteiger partial charge < -0.3 is 14.1 Å². The van der Waals surface area contributed by atoms with E-state index in [4.69, 9.17) is 9.15 Å². The lowest BCUT2D eigenvalue weighted by Gasteiger charge is -2.37. The number of benzene rings is 1. The third kappa shape index (κ3) is 4.09. The number of fused-ring (bicyclic) bond motifs is 3. The predicted molar refractivity (Wildman–Crippen MR) is 133 cm³/mol. The van der Waals surface area contributed by atoms with E-state index in [1.54, 1.807) is 27.0 Å². The van der Waals surface area contributed by atoms with E-state index in [2.05, 4.69) is 25.2 Å². The fourth-order valence-electron chi connectivity index (χ4n) is 4.64. The van der Waals surface area contributed by atoms with Crippen LogP contribution < -0.4 is 0 Å². The van der Waals surface area contributed by atoms with Crippen molar-refractivity contribution in [2.75, 3.05) is 13.1 Å². The molecule has 6 rings (SSSR count). The Morgan fingerprint density at radius 3 is 2.81 bits per heavy atom. The number of carbonyl (C=O) groups is 2. The number of aromatic amines is 2. The van der Waals surface area contributed by atoms with Crippen molar-refractivity contribution >= 4 is 46.2 Å². The number of piperidine rings is 1. The van der Waals surface area contributed by atoms with Crippen molar-refractivity contribution in [2.45, 2.75) is 42.5 Å². The minimum Gasteiger partial charge on any atom is -0.454 e. The molecule has 0 saturated carbocycles. The zero-order valence-electron chi connectivity index (χ0n) is 19.9. The topological polar surface area (TPSA) is 129 Å². The number of carbonyl (C=O) groups excluding carboxylic acids is 2. The molecule has 1 saturated heterocycles. The lowest BCUT2D eigenvalue weighted by Crippen LogP contribution is -2.53. The standard InChI is InChI=1S/C25H24N6O4S/c1-25(2,3)35-24(33)31-11-16-21(17(32)12-31)20(13-10-26-30-22(13)27-16)18-8-9-19(34-18)36-23-28-14-6-4-5-7-15(14)29-23/h4-10,20-21H,11-12H2,1-3H3,(H,26,30)(H,28,29). The molecule has 2 N–H and O–H groups in total. The van der Waals surface area contributed by atoms with Crippen molar-refractivity contribution in [3.05, 3.63) is 53.9 Å². The second kappa shape index (κ2) is 8.37. The number of imidazole rings is 1. The molecule has 3 aromatic heterocycles. The van der Waals surface area contributed by atoms with Gasteiger partial charge in [-0.3, -0.25) is 14.8 Å². The van der Waals surface area contributed by atoms with Gasteiger partial charge in [0.1, 0.15) is 11.4 Å². The number of likely N-dealkylation sites (tertiary alicyclic amines) is 1. The van der Waals surface area contributed by atoms with Crippen molar-refractivity contribution in [3.63, 3.8) is 0 Å². The van der Waals surface area contributed by atoms with Crippen LogP contribution in [0.2, 0.25) is 0 Å². The van der Waals surface area contributed by atoms with Gasteiger partial charge >= 0.3 is 6.09 Å². The number of rotatable bonds is 3. The first kappa shape index (κ1) is 22.6. The van der Waals surface area contributed by atoms with Crippen LogP contribution in [0.25, 0.3) is 11.0 Å². The van der Waals surface area contributed by atoms with E-state index in [1.807, 2.05) is 36.4 Å². The second-order valence-electron chi connectivity index (χ2n) is 9.85. The summed E-state index contributed by atoms with van der Waals surface area (Å²) in [6.07, 6.45) is 1.15. The van der Waals surface area contributed by atoms with Gasteiger partial charge in [0.2, 0.25) is 0 Å². The Morgan fingerprint density at radius 2 is 2.00 bits per heavy atom. The van der Waals surface area contributed by atoms with Gasteiger partial charge in [-0.1, -0.05) is 12.1 Å². The Morgan fingerprint density at radius 1 is 1.17 bits per heavy atom. The lowest BCUT2D eigenvalue weighted by atomic mass is 9.75. The first-order chi connectivity index (χ1) is 17.2. The van der Waals surface area contributed by atoms with Gasteiger partial charge in [-0.15, -0.1) is 0 Å². The van der Waals surface area contributed by atoms with Crippen LogP contribution in [0.1, 0.15) is 38.0 Å². The number of ether oxygens (including phenoxy) is 1. The molecule has 11 heteroatoms. The van der Waals surface area contributed by atoms with Crippen LogP contribution in [0.3, 0.4) is 0 Å². The third-order valence-corrected chi connectivity index (χ3v) is 6.91. The summed E-state index contributed by atoms with van der Waals surface area (Å²) in [5.41, 5.74) is 2.54. The quantitative estimate of drug-likeness (QED) is 0.414. The van der Waals surface area contributed by atoms with E-state index in [0.29, 0.717) is 27.5 Å². The van der Waals surface area contributed by atoms with Crippen LogP contribution in [-0.4, -0.2) is 61.3 Å². The third-order valence-electron chi connectivity index (χ3n) is 6.10. The maximum absolute atomic E-state index is 13.4. The van der Waals surface area contributed by atoms with Gasteiger partial charge in [-0.2, -0.15) is 5.10 Å². The highest BCUT2D eigenvalue weighted by Crippen LogP contribution is 2.44. The highest BCUT2D eigenvalue weighted by atomic mass is 32.2. The normalized spacial score (nSPS) is 19.7. The number of para-hydroxylation sites is 2. The van der Waals surface area contributed by atoms with Crippen LogP contribution >= 0.6 is 11.8 Å². The average Bonchev–Trinajstić information content (AvgIpc) is 3.55. The molecule has 0 spiro atoms. The molecule has 2 atom stereocenters. The number of furan rings is 1. The summed E-state index contributed by atoms with van der Waals surface area (Å²) in [5.74, 6) is 0.125. The molecule has 2 aliphatic rings. The van der Waals surface area contributed by atoms with E-state index in [9.17, 15) is 9.59 Å². The lowest BCUT2D eigenvalue weighted by molar-refractivity contribution is -0.123. The van der Waals surface area contributed by atoms with Crippen molar-refractivity contribution in [2.24, 2.45) is 10.9 Å². The number of hydrogen-bond donors (Lipinski definition) is 2. The number of aromatic nitrogens is 4. The van der Waals surface area contributed by atoms with Crippen LogP contribution in [0.5, 0.6) is 0 Å². The Bertz CT molecular complexity index is 1480. The van der Waals surface area contributed by atoms with E-state index < -0.39 is 23.5 Å². The molecule has 184 valence electrons. The maximum atomic E-state index is 13.4. The molecule has 2 unspecified atom stereocenters. The smallest absolute Gasteiger partial charge is 0.411 e. The summed E-state index contributed by atoms with van der Waals surface area (Å²) >= 11 is 1.38. The highest BCUT2D eigenvalue weighted by molar-refractivity contribution is 7.99. The molecule has 1 amide bonds. The molecule has 0 radical (unpaired) electrons. The van der Waals surface area contributed by atoms with Gasteiger partial charge in [0.15, 0.2) is 21.8 Å². The molecule has 4 aromatic rings. The van der Waals surface area contributed by atoms with Crippen molar-refractivity contribution in [3.8, 4) is 0 Å². The van der Waals surface area contributed by atoms with Gasteiger partial charge in [0.05, 0.1) is 47.9 Å². The molecule has 1 aromatic carbocycles. The number of Topliss-reactive ketones (excluding diaryl/α,β-unsaturated/α-hetero) is 1. The van der Waals surface area contributed by atoms with Crippen molar-refractivity contribution < 1.29 is 18.7 Å². The summed E-state index contributed by atoms with van der Waals surface area (Å²) in [6.45, 7) is 5.53. The van der Waals surface area contributed by atoms with Crippen LogP contribution in [0.4, 0.5) is 10.6 Å². The molecule has 1 fully saturated rings. The maximum Gasteiger partial charge on any atom is 0.411 e. The molecule has 0 aliphatic carbocycles. The number of amides is 1. The number of ketones is 1. The van der Waals surface area contributed by atoms with Crippen molar-refractivity contribution in [1.82, 2.24) is 25.1 Å². The van der Waals surface area contributed by atoms with Crippen LogP contribution in [0.15, 0.2) is 62.3 Å².